The maximum atomic E-state index is 12.3. The van der Waals surface area contributed by atoms with Gasteiger partial charge in [-0.25, -0.2) is 4.98 Å². The molecule has 0 bridgehead atoms. The Morgan fingerprint density at radius 2 is 2.03 bits per heavy atom. The van der Waals surface area contributed by atoms with Gasteiger partial charge in [0.25, 0.3) is 0 Å². The van der Waals surface area contributed by atoms with E-state index in [-0.39, 0.29) is 12.3 Å². The number of hydrogen-bond donors (Lipinski definition) is 1. The second kappa shape index (κ2) is 9.28. The minimum Gasteiger partial charge on any atom is -0.300 e. The zero-order valence-electron chi connectivity index (χ0n) is 14.9. The molecule has 6 nitrogen and oxygen atoms in total. The summed E-state index contributed by atoms with van der Waals surface area (Å²) in [5.74, 6) is 0.561. The van der Waals surface area contributed by atoms with E-state index >= 15 is 0 Å². The summed E-state index contributed by atoms with van der Waals surface area (Å²) in [6, 6.07) is 13.5. The molecule has 0 saturated carbocycles. The highest BCUT2D eigenvalue weighted by Crippen LogP contribution is 2.29. The molecule has 4 rings (SSSR count). The predicted octanol–water partition coefficient (Wildman–Crippen LogP) is 5.07. The van der Waals surface area contributed by atoms with E-state index in [1.165, 1.54) is 22.7 Å². The Labute approximate surface area is 183 Å². The number of thiazole rings is 1. The van der Waals surface area contributed by atoms with E-state index in [9.17, 15) is 4.79 Å². The summed E-state index contributed by atoms with van der Waals surface area (Å²) in [6.07, 6.45) is 0.204. The highest BCUT2D eigenvalue weighted by atomic mass is 32.2. The van der Waals surface area contributed by atoms with E-state index in [1.807, 2.05) is 35.0 Å². The Kier molecular flexibility index (Phi) is 6.31. The number of thiophene rings is 1. The fourth-order valence-corrected chi connectivity index (χ4v) is 5.73. The molecule has 10 heteroatoms. The lowest BCUT2D eigenvalue weighted by Crippen LogP contribution is -2.14. The minimum absolute atomic E-state index is 0.159. The zero-order chi connectivity index (χ0) is 20.1. The van der Waals surface area contributed by atoms with Crippen LogP contribution in [0.3, 0.4) is 0 Å². The van der Waals surface area contributed by atoms with Crippen molar-refractivity contribution >= 4 is 56.8 Å². The summed E-state index contributed by atoms with van der Waals surface area (Å²) in [7, 11) is 0. The third-order valence-electron chi connectivity index (χ3n) is 3.72. The number of anilines is 1. The average Bonchev–Trinajstić information content (AvgIpc) is 3.48. The quantitative estimate of drug-likeness (QED) is 0.309. The van der Waals surface area contributed by atoms with Crippen LogP contribution in [0.25, 0.3) is 9.88 Å². The maximum Gasteiger partial charge on any atom is 0.232 e. The molecule has 144 valence electrons. The molecule has 0 unspecified atom stereocenters. The molecular weight excluding hydrogens is 443 g/mol. The summed E-state index contributed by atoms with van der Waals surface area (Å²) in [6.45, 7) is 0. The van der Waals surface area contributed by atoms with Gasteiger partial charge in [-0.05, 0) is 29.1 Å². The van der Waals surface area contributed by atoms with Gasteiger partial charge in [0, 0.05) is 11.1 Å². The van der Waals surface area contributed by atoms with Crippen LogP contribution in [0.5, 0.6) is 0 Å². The smallest absolute Gasteiger partial charge is 0.232 e. The first-order chi connectivity index (χ1) is 14.2. The molecule has 0 aliphatic rings. The molecule has 1 amide bonds. The first-order valence-electron chi connectivity index (χ1n) is 8.43. The SMILES string of the molecule is N#Cc1ccc(CSc2nnc(NC(=O)Cc3csc(-c4cccs4)n3)s2)cc1. The lowest BCUT2D eigenvalue weighted by Gasteiger charge is -1.99. The Morgan fingerprint density at radius 3 is 2.79 bits per heavy atom. The number of benzene rings is 1. The zero-order valence-corrected chi connectivity index (χ0v) is 18.1. The number of carbonyl (C=O) groups is 1. The fourth-order valence-electron chi connectivity index (χ4n) is 2.37. The molecule has 3 aromatic heterocycles. The predicted molar refractivity (Wildman–Crippen MR) is 118 cm³/mol. The van der Waals surface area contributed by atoms with Crippen LogP contribution in [0, 0.1) is 11.3 Å². The Bertz CT molecular complexity index is 1140. The van der Waals surface area contributed by atoms with Crippen molar-refractivity contribution in [1.29, 1.82) is 5.26 Å². The molecular formula is C19H13N5OS4. The third kappa shape index (κ3) is 5.27. The molecule has 0 fully saturated rings. The largest absolute Gasteiger partial charge is 0.300 e. The van der Waals surface area contributed by atoms with E-state index < -0.39 is 0 Å². The van der Waals surface area contributed by atoms with E-state index in [0.717, 1.165) is 31.2 Å². The number of hydrogen-bond acceptors (Lipinski definition) is 9. The van der Waals surface area contributed by atoms with Gasteiger partial charge in [0.1, 0.15) is 5.01 Å². The molecule has 1 aromatic carbocycles. The molecule has 0 saturated heterocycles. The summed E-state index contributed by atoms with van der Waals surface area (Å²) >= 11 is 6.06. The fraction of sp³-hybridized carbons (Fsp3) is 0.105. The van der Waals surface area contributed by atoms with Crippen molar-refractivity contribution in [2.45, 2.75) is 16.5 Å². The standard InChI is InChI=1S/C19H13N5OS4/c20-9-12-3-5-13(6-4-12)10-28-19-24-23-18(29-19)22-16(25)8-14-11-27-17(21-14)15-2-1-7-26-15/h1-7,11H,8,10H2,(H,22,23,25). The van der Waals surface area contributed by atoms with Crippen LogP contribution in [0.2, 0.25) is 0 Å². The molecule has 3 heterocycles. The van der Waals surface area contributed by atoms with Crippen molar-refractivity contribution in [3.05, 3.63) is 64.0 Å². The second-order valence-corrected chi connectivity index (χ2v) is 9.82. The van der Waals surface area contributed by atoms with Crippen molar-refractivity contribution in [3.8, 4) is 16.0 Å². The number of carbonyl (C=O) groups excluding carboxylic acids is 1. The molecule has 4 aromatic rings. The summed E-state index contributed by atoms with van der Waals surface area (Å²) in [5.41, 5.74) is 2.48. The third-order valence-corrected chi connectivity index (χ3v) is 7.70. The van der Waals surface area contributed by atoms with Gasteiger partial charge < -0.3 is 5.32 Å². The van der Waals surface area contributed by atoms with Gasteiger partial charge in [0.05, 0.1) is 28.6 Å². The maximum absolute atomic E-state index is 12.3. The van der Waals surface area contributed by atoms with Crippen LogP contribution >= 0.6 is 45.8 Å². The topological polar surface area (TPSA) is 91.6 Å². The minimum atomic E-state index is -0.159. The molecule has 0 aliphatic carbocycles. The highest BCUT2D eigenvalue weighted by molar-refractivity contribution is 8.00. The van der Waals surface area contributed by atoms with Crippen LogP contribution in [-0.2, 0) is 17.0 Å². The molecule has 0 radical (unpaired) electrons. The van der Waals surface area contributed by atoms with Crippen LogP contribution in [-0.4, -0.2) is 21.1 Å². The van der Waals surface area contributed by atoms with E-state index in [4.69, 9.17) is 5.26 Å². The summed E-state index contributed by atoms with van der Waals surface area (Å²) in [5, 5.41) is 25.1. The van der Waals surface area contributed by atoms with Gasteiger partial charge in [0.2, 0.25) is 11.0 Å². The van der Waals surface area contributed by atoms with Crippen molar-refractivity contribution in [3.63, 3.8) is 0 Å². The van der Waals surface area contributed by atoms with E-state index in [0.29, 0.717) is 10.7 Å². The highest BCUT2D eigenvalue weighted by Gasteiger charge is 2.12. The molecule has 29 heavy (non-hydrogen) atoms. The van der Waals surface area contributed by atoms with Crippen LogP contribution in [0.15, 0.2) is 51.5 Å². The Hall–Kier alpha value is -2.58. The molecule has 0 aliphatic heterocycles. The van der Waals surface area contributed by atoms with Crippen molar-refractivity contribution < 1.29 is 4.79 Å². The van der Waals surface area contributed by atoms with E-state index in [2.05, 4.69) is 26.6 Å². The number of nitrogens with zero attached hydrogens (tertiary/aromatic N) is 4. The average molecular weight is 456 g/mol. The second-order valence-electron chi connectivity index (χ2n) is 5.82. The monoisotopic (exact) mass is 455 g/mol. The molecule has 0 atom stereocenters. The van der Waals surface area contributed by atoms with Crippen molar-refractivity contribution in [1.82, 2.24) is 15.2 Å². The lowest BCUT2D eigenvalue weighted by molar-refractivity contribution is -0.115. The van der Waals surface area contributed by atoms with Gasteiger partial charge >= 0.3 is 0 Å². The van der Waals surface area contributed by atoms with Gasteiger partial charge in [0.15, 0.2) is 4.34 Å². The van der Waals surface area contributed by atoms with E-state index in [1.54, 1.807) is 35.2 Å². The van der Waals surface area contributed by atoms with Crippen molar-refractivity contribution in [2.24, 2.45) is 0 Å². The number of amides is 1. The normalized spacial score (nSPS) is 10.6. The lowest BCUT2D eigenvalue weighted by atomic mass is 10.2. The number of aromatic nitrogens is 3. The summed E-state index contributed by atoms with van der Waals surface area (Å²) < 4.78 is 0.776. The number of nitrogens with one attached hydrogen (secondary N) is 1. The van der Waals surface area contributed by atoms with Gasteiger partial charge in [-0.3, -0.25) is 4.79 Å². The number of rotatable bonds is 7. The van der Waals surface area contributed by atoms with Crippen LogP contribution in [0.1, 0.15) is 16.8 Å². The molecule has 1 N–H and O–H groups in total. The van der Waals surface area contributed by atoms with Crippen LogP contribution in [0.4, 0.5) is 5.13 Å². The number of thioether (sulfide) groups is 1. The Balaban J connectivity index is 1.29. The van der Waals surface area contributed by atoms with Gasteiger partial charge in [-0.1, -0.05) is 41.3 Å². The first kappa shape index (κ1) is 19.7. The van der Waals surface area contributed by atoms with Gasteiger partial charge in [-0.15, -0.1) is 32.9 Å². The Morgan fingerprint density at radius 1 is 1.17 bits per heavy atom. The van der Waals surface area contributed by atoms with Gasteiger partial charge in [-0.2, -0.15) is 5.26 Å². The molecule has 0 spiro atoms. The number of nitriles is 1. The first-order valence-corrected chi connectivity index (χ1v) is 12.0. The van der Waals surface area contributed by atoms with Crippen LogP contribution < -0.4 is 5.32 Å². The summed E-state index contributed by atoms with van der Waals surface area (Å²) in [4.78, 5) is 17.9. The van der Waals surface area contributed by atoms with Crippen molar-refractivity contribution in [2.75, 3.05) is 5.32 Å².